The molecule has 1 aromatic rings. The molecule has 11 heavy (non-hydrogen) atoms. The van der Waals surface area contributed by atoms with Gasteiger partial charge in [0.05, 0.1) is 0 Å². The van der Waals surface area contributed by atoms with E-state index in [2.05, 4.69) is 30.5 Å². The van der Waals surface area contributed by atoms with Crippen molar-refractivity contribution in [3.63, 3.8) is 0 Å². The second kappa shape index (κ2) is 4.73. The zero-order valence-electron chi connectivity index (χ0n) is 6.54. The van der Waals surface area contributed by atoms with E-state index in [0.717, 1.165) is 12.2 Å². The van der Waals surface area contributed by atoms with Crippen LogP contribution in [0, 0.1) is 0 Å². The molecule has 0 saturated heterocycles. The van der Waals surface area contributed by atoms with Gasteiger partial charge in [-0.3, -0.25) is 0 Å². The molecule has 1 radical (unpaired) electrons. The predicted molar refractivity (Wildman–Crippen MR) is 54.4 cm³/mol. The third kappa shape index (κ3) is 2.80. The summed E-state index contributed by atoms with van der Waals surface area (Å²) in [5, 5.41) is 0. The molecular formula is C9H11S2. The van der Waals surface area contributed by atoms with E-state index in [1.54, 1.807) is 11.8 Å². The van der Waals surface area contributed by atoms with Crippen molar-refractivity contribution >= 4 is 24.4 Å². The van der Waals surface area contributed by atoms with Gasteiger partial charge in [-0.15, -0.1) is 11.8 Å². The van der Waals surface area contributed by atoms with Crippen molar-refractivity contribution < 1.29 is 0 Å². The maximum absolute atomic E-state index is 4.91. The molecule has 0 aromatic heterocycles. The van der Waals surface area contributed by atoms with Crippen LogP contribution in [0.3, 0.4) is 0 Å². The molecule has 0 atom stereocenters. The van der Waals surface area contributed by atoms with Crippen LogP contribution < -0.4 is 0 Å². The second-order valence-electron chi connectivity index (χ2n) is 2.31. The summed E-state index contributed by atoms with van der Waals surface area (Å²) in [5.41, 5.74) is 1.35. The fraction of sp³-hybridized carbons (Fsp3) is 0.333. The van der Waals surface area contributed by atoms with Crippen LogP contribution >= 0.6 is 24.4 Å². The number of hydrogen-bond donors (Lipinski definition) is 0. The van der Waals surface area contributed by atoms with Crippen LogP contribution in [0.5, 0.6) is 0 Å². The molecule has 0 fully saturated rings. The van der Waals surface area contributed by atoms with Crippen molar-refractivity contribution in [2.24, 2.45) is 0 Å². The summed E-state index contributed by atoms with van der Waals surface area (Å²) in [4.78, 5) is 1.32. The number of thioether (sulfide) groups is 1. The Bertz CT molecular complexity index is 221. The van der Waals surface area contributed by atoms with Crippen LogP contribution in [0.25, 0.3) is 0 Å². The van der Waals surface area contributed by atoms with Crippen LogP contribution in [-0.2, 0) is 6.42 Å². The van der Waals surface area contributed by atoms with Crippen molar-refractivity contribution in [1.29, 1.82) is 0 Å². The molecule has 0 aliphatic carbocycles. The summed E-state index contributed by atoms with van der Waals surface area (Å²) in [5.74, 6) is 0.817. The molecule has 1 aromatic carbocycles. The molecule has 0 nitrogen and oxygen atoms in total. The van der Waals surface area contributed by atoms with Crippen LogP contribution in [-0.4, -0.2) is 12.0 Å². The van der Waals surface area contributed by atoms with Crippen molar-refractivity contribution in [3.05, 3.63) is 29.8 Å². The molecule has 0 amide bonds. The van der Waals surface area contributed by atoms with Crippen molar-refractivity contribution in [3.8, 4) is 0 Å². The molecule has 0 N–H and O–H groups in total. The highest BCUT2D eigenvalue weighted by Crippen LogP contribution is 2.16. The van der Waals surface area contributed by atoms with E-state index in [-0.39, 0.29) is 0 Å². The zero-order chi connectivity index (χ0) is 8.10. The smallest absolute Gasteiger partial charge is 0.00774 e. The number of rotatable bonds is 3. The highest BCUT2D eigenvalue weighted by Gasteiger charge is 1.92. The molecule has 0 spiro atoms. The van der Waals surface area contributed by atoms with Crippen molar-refractivity contribution in [1.82, 2.24) is 0 Å². The second-order valence-corrected chi connectivity index (χ2v) is 3.59. The first-order valence-electron chi connectivity index (χ1n) is 3.58. The van der Waals surface area contributed by atoms with Gasteiger partial charge in [-0.25, -0.2) is 0 Å². The highest BCUT2D eigenvalue weighted by atomic mass is 32.2. The molecular weight excluding hydrogens is 172 g/mol. The Hall–Kier alpha value is -0.0800. The maximum Gasteiger partial charge on any atom is 0.00774 e. The lowest BCUT2D eigenvalue weighted by molar-refractivity contribution is 1.14. The minimum Gasteiger partial charge on any atom is -0.130 e. The Morgan fingerprint density at radius 2 is 2.27 bits per heavy atom. The van der Waals surface area contributed by atoms with Gasteiger partial charge >= 0.3 is 0 Å². The molecule has 0 saturated carbocycles. The Morgan fingerprint density at radius 1 is 1.45 bits per heavy atom. The van der Waals surface area contributed by atoms with Gasteiger partial charge in [-0.05, 0) is 30.4 Å². The summed E-state index contributed by atoms with van der Waals surface area (Å²) >= 11 is 6.68. The van der Waals surface area contributed by atoms with E-state index < -0.39 is 0 Å². The summed E-state index contributed by atoms with van der Waals surface area (Å²) in [6, 6.07) is 8.55. The molecule has 0 aliphatic heterocycles. The third-order valence-electron chi connectivity index (χ3n) is 1.52. The average Bonchev–Trinajstić information content (AvgIpc) is 2.06. The first-order valence-corrected chi connectivity index (χ1v) is 5.38. The summed E-state index contributed by atoms with van der Waals surface area (Å²) in [6.45, 7) is 0. The first-order chi connectivity index (χ1) is 5.36. The van der Waals surface area contributed by atoms with Gasteiger partial charge < -0.3 is 0 Å². The summed E-state index contributed by atoms with van der Waals surface area (Å²) in [7, 11) is 0. The lowest BCUT2D eigenvalue weighted by Crippen LogP contribution is -1.85. The van der Waals surface area contributed by atoms with Gasteiger partial charge in [0.2, 0.25) is 0 Å². The Balaban J connectivity index is 2.74. The Labute approximate surface area is 77.8 Å². The molecule has 0 aliphatic rings. The largest absolute Gasteiger partial charge is 0.130 e. The molecule has 0 heterocycles. The topological polar surface area (TPSA) is 0 Å². The van der Waals surface area contributed by atoms with Crippen LogP contribution in [0.1, 0.15) is 5.56 Å². The molecule has 0 unspecified atom stereocenters. The Morgan fingerprint density at radius 3 is 2.91 bits per heavy atom. The quantitative estimate of drug-likeness (QED) is 0.649. The Kier molecular flexibility index (Phi) is 3.87. The van der Waals surface area contributed by atoms with Gasteiger partial charge in [-0.1, -0.05) is 24.8 Å². The average molecular weight is 183 g/mol. The number of aryl methyl sites for hydroxylation is 1. The van der Waals surface area contributed by atoms with Gasteiger partial charge in [0, 0.05) is 10.6 Å². The molecule has 0 bridgehead atoms. The number of hydrogen-bond acceptors (Lipinski definition) is 1. The normalized spacial score (nSPS) is 10.0. The van der Waals surface area contributed by atoms with Crippen LogP contribution in [0.15, 0.2) is 29.2 Å². The third-order valence-corrected chi connectivity index (χ3v) is 2.45. The van der Waals surface area contributed by atoms with Gasteiger partial charge in [0.15, 0.2) is 0 Å². The molecule has 1 rings (SSSR count). The number of benzene rings is 1. The molecule has 2 heteroatoms. The van der Waals surface area contributed by atoms with E-state index in [1.807, 2.05) is 0 Å². The molecule has 59 valence electrons. The fourth-order valence-electron chi connectivity index (χ4n) is 0.946. The van der Waals surface area contributed by atoms with Crippen LogP contribution in [0.2, 0.25) is 0 Å². The standard InChI is InChI=1S/C9H11S2/c1-11-9-4-2-3-8(7-9)5-6-10/h2-4,7H,5-6H2,1H3. The zero-order valence-corrected chi connectivity index (χ0v) is 8.17. The van der Waals surface area contributed by atoms with Gasteiger partial charge in [0.1, 0.15) is 0 Å². The monoisotopic (exact) mass is 183 g/mol. The van der Waals surface area contributed by atoms with Crippen molar-refractivity contribution in [2.75, 3.05) is 12.0 Å². The van der Waals surface area contributed by atoms with Gasteiger partial charge in [0.25, 0.3) is 0 Å². The summed E-state index contributed by atoms with van der Waals surface area (Å²) < 4.78 is 0. The first kappa shape index (κ1) is 9.01. The predicted octanol–water partition coefficient (Wildman–Crippen LogP) is 3.15. The minimum absolute atomic E-state index is 0.817. The SMILES string of the molecule is CSc1cccc(CC[S])c1. The van der Waals surface area contributed by atoms with E-state index in [1.165, 1.54) is 10.5 Å². The highest BCUT2D eigenvalue weighted by molar-refractivity contribution is 7.98. The van der Waals surface area contributed by atoms with E-state index in [0.29, 0.717) is 0 Å². The van der Waals surface area contributed by atoms with Crippen LogP contribution in [0.4, 0.5) is 0 Å². The summed E-state index contributed by atoms with van der Waals surface area (Å²) in [6.07, 6.45) is 3.11. The maximum atomic E-state index is 4.91. The van der Waals surface area contributed by atoms with E-state index in [4.69, 9.17) is 12.6 Å². The van der Waals surface area contributed by atoms with E-state index in [9.17, 15) is 0 Å². The van der Waals surface area contributed by atoms with E-state index >= 15 is 0 Å². The lowest BCUT2D eigenvalue weighted by atomic mass is 10.2. The lowest BCUT2D eigenvalue weighted by Gasteiger charge is -1.99. The van der Waals surface area contributed by atoms with Gasteiger partial charge in [-0.2, -0.15) is 0 Å². The van der Waals surface area contributed by atoms with Crippen molar-refractivity contribution in [2.45, 2.75) is 11.3 Å². The fourth-order valence-corrected chi connectivity index (χ4v) is 1.67. The minimum atomic E-state index is 0.817.